The zero-order chi connectivity index (χ0) is 23.1. The largest absolute Gasteiger partial charge is 0.479 e. The second-order valence-electron chi connectivity index (χ2n) is 6.73. The summed E-state index contributed by atoms with van der Waals surface area (Å²) in [6.45, 7) is -0.773. The number of benzene rings is 1. The number of nitrogens with zero attached hydrogens (tertiary/aromatic N) is 1. The van der Waals surface area contributed by atoms with Gasteiger partial charge in [-0.15, -0.1) is 0 Å². The molecule has 31 heavy (non-hydrogen) atoms. The van der Waals surface area contributed by atoms with Gasteiger partial charge in [-0.2, -0.15) is 8.78 Å². The molecule has 168 valence electrons. The molecule has 0 aliphatic carbocycles. The summed E-state index contributed by atoms with van der Waals surface area (Å²) in [6.07, 6.45) is 0.442. The van der Waals surface area contributed by atoms with Gasteiger partial charge in [-0.1, -0.05) is 0 Å². The summed E-state index contributed by atoms with van der Waals surface area (Å²) in [4.78, 5) is 58.6. The molecule has 1 aliphatic rings. The third-order valence-corrected chi connectivity index (χ3v) is 4.75. The van der Waals surface area contributed by atoms with Gasteiger partial charge in [-0.25, -0.2) is 8.78 Å². The van der Waals surface area contributed by atoms with E-state index in [0.717, 1.165) is 0 Å². The number of amides is 2. The van der Waals surface area contributed by atoms with Crippen LogP contribution in [-0.4, -0.2) is 60.8 Å². The molecule has 0 aromatic heterocycles. The smallest absolute Gasteiger partial charge is 0.286 e. The Morgan fingerprint density at radius 1 is 1.10 bits per heavy atom. The van der Waals surface area contributed by atoms with Gasteiger partial charge in [0.2, 0.25) is 23.8 Å². The first-order chi connectivity index (χ1) is 14.7. The van der Waals surface area contributed by atoms with E-state index in [9.17, 15) is 41.5 Å². The summed E-state index contributed by atoms with van der Waals surface area (Å²) in [6, 6.07) is -1.42. The second-order valence-corrected chi connectivity index (χ2v) is 6.73. The van der Waals surface area contributed by atoms with E-state index >= 15 is 0 Å². The average molecular weight is 446 g/mol. The molecular weight excluding hydrogens is 428 g/mol. The van der Waals surface area contributed by atoms with Crippen LogP contribution in [0.1, 0.15) is 19.3 Å². The van der Waals surface area contributed by atoms with Crippen LogP contribution in [0.2, 0.25) is 0 Å². The lowest BCUT2D eigenvalue weighted by atomic mass is 9.95. The molecule has 1 aliphatic heterocycles. The van der Waals surface area contributed by atoms with Gasteiger partial charge in [-0.3, -0.25) is 19.2 Å². The highest BCUT2D eigenvalue weighted by Gasteiger charge is 2.30. The summed E-state index contributed by atoms with van der Waals surface area (Å²) >= 11 is 0. The molecule has 1 atom stereocenters. The van der Waals surface area contributed by atoms with Crippen LogP contribution in [0, 0.1) is 29.2 Å². The molecule has 1 fully saturated rings. The van der Waals surface area contributed by atoms with Crippen LogP contribution in [0.25, 0.3) is 0 Å². The number of aldehydes is 2. The fourth-order valence-corrected chi connectivity index (χ4v) is 3.02. The Hall–Kier alpha value is -3.31. The molecule has 0 radical (unpaired) electrons. The van der Waals surface area contributed by atoms with Crippen molar-refractivity contribution in [2.75, 3.05) is 19.7 Å². The number of hydrogen-bond donors (Lipinski definition) is 1. The summed E-state index contributed by atoms with van der Waals surface area (Å²) in [5.41, 5.74) is 0. The Morgan fingerprint density at radius 3 is 2.19 bits per heavy atom. The molecule has 0 bridgehead atoms. The maximum absolute atomic E-state index is 13.6. The number of ketones is 1. The highest BCUT2D eigenvalue weighted by molar-refractivity contribution is 6.23. The topological polar surface area (TPSA) is 110 Å². The number of rotatable bonds is 9. The number of nitrogens with one attached hydrogen (secondary N) is 1. The average Bonchev–Trinajstić information content (AvgIpc) is 2.76. The van der Waals surface area contributed by atoms with E-state index in [4.69, 9.17) is 0 Å². The van der Waals surface area contributed by atoms with E-state index in [1.165, 1.54) is 4.90 Å². The van der Waals surface area contributed by atoms with Crippen LogP contribution in [0.5, 0.6) is 5.75 Å². The van der Waals surface area contributed by atoms with E-state index in [0.29, 0.717) is 6.29 Å². The number of carbonyl (C=O) groups excluding carboxylic acids is 5. The summed E-state index contributed by atoms with van der Waals surface area (Å²) in [5.74, 6) is -11.4. The molecule has 2 rings (SSSR count). The standard InChI is InChI=1S/C19H18F4N2O6/c20-11-7-12(21)17(23)18(16(11)22)31-9-14(28)13(3-6-26)24-19(30)10-1-4-25(5-2-10)15(29)8-27/h6-8,10,13H,1-5,9H2,(H,24,30). The third-order valence-electron chi connectivity index (χ3n) is 4.75. The first-order valence-corrected chi connectivity index (χ1v) is 9.16. The fourth-order valence-electron chi connectivity index (χ4n) is 3.02. The minimum atomic E-state index is -1.83. The van der Waals surface area contributed by atoms with Gasteiger partial charge in [0.25, 0.3) is 5.91 Å². The fraction of sp³-hybridized carbons (Fsp3) is 0.421. The van der Waals surface area contributed by atoms with Crippen LogP contribution in [0.15, 0.2) is 6.07 Å². The Bertz CT molecular complexity index is 860. The first kappa shape index (κ1) is 24.0. The van der Waals surface area contributed by atoms with E-state index in [-0.39, 0.29) is 38.3 Å². The zero-order valence-corrected chi connectivity index (χ0v) is 16.0. The maximum Gasteiger partial charge on any atom is 0.286 e. The normalized spacial score (nSPS) is 15.2. The van der Waals surface area contributed by atoms with Gasteiger partial charge in [-0.05, 0) is 12.8 Å². The van der Waals surface area contributed by atoms with Gasteiger partial charge < -0.3 is 19.7 Å². The molecule has 0 saturated carbocycles. The van der Waals surface area contributed by atoms with Crippen molar-refractivity contribution in [1.82, 2.24) is 10.2 Å². The van der Waals surface area contributed by atoms with Crippen molar-refractivity contribution in [2.24, 2.45) is 5.92 Å². The molecule has 2 amide bonds. The lowest BCUT2D eigenvalue weighted by Gasteiger charge is -2.30. The van der Waals surface area contributed by atoms with Crippen molar-refractivity contribution in [3.05, 3.63) is 29.3 Å². The number of hydrogen-bond acceptors (Lipinski definition) is 6. The predicted molar refractivity (Wildman–Crippen MR) is 94.8 cm³/mol. The van der Waals surface area contributed by atoms with Crippen molar-refractivity contribution < 1.29 is 46.3 Å². The minimum Gasteiger partial charge on any atom is -0.479 e. The number of halogens is 4. The van der Waals surface area contributed by atoms with E-state index in [1.54, 1.807) is 0 Å². The van der Waals surface area contributed by atoms with Crippen LogP contribution in [0.4, 0.5) is 17.6 Å². The molecule has 8 nitrogen and oxygen atoms in total. The van der Waals surface area contributed by atoms with Crippen molar-refractivity contribution >= 4 is 30.2 Å². The first-order valence-electron chi connectivity index (χ1n) is 9.16. The van der Waals surface area contributed by atoms with Gasteiger partial charge >= 0.3 is 0 Å². The van der Waals surface area contributed by atoms with Crippen molar-refractivity contribution in [3.63, 3.8) is 0 Å². The molecule has 1 unspecified atom stereocenters. The van der Waals surface area contributed by atoms with E-state index in [1.807, 2.05) is 0 Å². The monoisotopic (exact) mass is 446 g/mol. The minimum absolute atomic E-state index is 0.0251. The van der Waals surface area contributed by atoms with Gasteiger partial charge in [0.15, 0.2) is 23.2 Å². The summed E-state index contributed by atoms with van der Waals surface area (Å²) < 4.78 is 58.2. The highest BCUT2D eigenvalue weighted by Crippen LogP contribution is 2.26. The Balaban J connectivity index is 1.98. The number of piperidine rings is 1. The Morgan fingerprint density at radius 2 is 1.68 bits per heavy atom. The van der Waals surface area contributed by atoms with Crippen molar-refractivity contribution in [2.45, 2.75) is 25.3 Å². The molecular formula is C19H18F4N2O6. The lowest BCUT2D eigenvalue weighted by Crippen LogP contribution is -2.48. The zero-order valence-electron chi connectivity index (χ0n) is 16.0. The molecule has 1 heterocycles. The number of ether oxygens (including phenoxy) is 1. The lowest BCUT2D eigenvalue weighted by molar-refractivity contribution is -0.141. The molecule has 0 spiro atoms. The predicted octanol–water partition coefficient (Wildman–Crippen LogP) is 0.702. The van der Waals surface area contributed by atoms with Crippen LogP contribution >= 0.6 is 0 Å². The van der Waals surface area contributed by atoms with E-state index in [2.05, 4.69) is 10.1 Å². The van der Waals surface area contributed by atoms with Gasteiger partial charge in [0, 0.05) is 31.5 Å². The summed E-state index contributed by atoms with van der Waals surface area (Å²) in [7, 11) is 0. The van der Waals surface area contributed by atoms with Crippen LogP contribution in [0.3, 0.4) is 0 Å². The van der Waals surface area contributed by atoms with Crippen molar-refractivity contribution in [1.29, 1.82) is 0 Å². The number of likely N-dealkylation sites (tertiary alicyclic amines) is 1. The Labute approximate surface area is 173 Å². The van der Waals surface area contributed by atoms with Gasteiger partial charge in [0.05, 0.1) is 6.04 Å². The number of carbonyl (C=O) groups is 5. The Kier molecular flexibility index (Phi) is 8.22. The van der Waals surface area contributed by atoms with Crippen LogP contribution in [-0.2, 0) is 24.0 Å². The quantitative estimate of drug-likeness (QED) is 0.259. The third kappa shape index (κ3) is 5.86. The second kappa shape index (κ2) is 10.6. The SMILES string of the molecule is O=CCC(NC(=O)C1CCN(C(=O)C=O)CC1)C(=O)COc1c(F)c(F)cc(F)c1F. The maximum atomic E-state index is 13.6. The number of Topliss-reactive ketones (excluding diaryl/α,β-unsaturated/α-hetero) is 1. The molecule has 1 aromatic carbocycles. The highest BCUT2D eigenvalue weighted by atomic mass is 19.2. The summed E-state index contributed by atoms with van der Waals surface area (Å²) in [5, 5.41) is 2.33. The van der Waals surface area contributed by atoms with Crippen molar-refractivity contribution in [3.8, 4) is 5.75 Å². The molecule has 1 aromatic rings. The molecule has 12 heteroatoms. The molecule has 1 N–H and O–H groups in total. The van der Waals surface area contributed by atoms with Gasteiger partial charge in [0.1, 0.15) is 12.9 Å². The van der Waals surface area contributed by atoms with Crippen LogP contribution < -0.4 is 10.1 Å². The van der Waals surface area contributed by atoms with E-state index < -0.39 is 71.6 Å². The molecule has 1 saturated heterocycles.